The Labute approximate surface area is 97.7 Å². The standard InChI is InChI=1S/C13H21N3/c1-11-5-4-8-16-13(11)10-14-9-12-6-2-3-7-15-12/h4-5,8,12,14-15H,2-3,6-7,9-10H2,1H3. The van der Waals surface area contributed by atoms with E-state index in [1.54, 1.807) is 0 Å². The average Bonchev–Trinajstić information content (AvgIpc) is 2.33. The van der Waals surface area contributed by atoms with Crippen LogP contribution in [0.3, 0.4) is 0 Å². The highest BCUT2D eigenvalue weighted by Crippen LogP contribution is 2.06. The number of aromatic nitrogens is 1. The van der Waals surface area contributed by atoms with Crippen molar-refractivity contribution in [2.45, 2.75) is 38.8 Å². The van der Waals surface area contributed by atoms with Gasteiger partial charge in [-0.1, -0.05) is 12.5 Å². The Morgan fingerprint density at radius 2 is 2.44 bits per heavy atom. The molecule has 1 aromatic heterocycles. The topological polar surface area (TPSA) is 37.0 Å². The van der Waals surface area contributed by atoms with Crippen molar-refractivity contribution in [2.24, 2.45) is 0 Å². The summed E-state index contributed by atoms with van der Waals surface area (Å²) in [7, 11) is 0. The minimum absolute atomic E-state index is 0.651. The van der Waals surface area contributed by atoms with E-state index in [1.165, 1.54) is 37.1 Å². The van der Waals surface area contributed by atoms with Gasteiger partial charge in [0.2, 0.25) is 0 Å². The molecule has 0 bridgehead atoms. The predicted octanol–water partition coefficient (Wildman–Crippen LogP) is 1.62. The first-order chi connectivity index (χ1) is 7.86. The van der Waals surface area contributed by atoms with E-state index in [2.05, 4.69) is 28.6 Å². The normalized spacial score (nSPS) is 20.9. The lowest BCUT2D eigenvalue weighted by molar-refractivity contribution is 0.382. The van der Waals surface area contributed by atoms with Crippen LogP contribution in [-0.4, -0.2) is 24.1 Å². The van der Waals surface area contributed by atoms with Crippen molar-refractivity contribution in [3.63, 3.8) is 0 Å². The first-order valence-corrected chi connectivity index (χ1v) is 6.21. The van der Waals surface area contributed by atoms with Crippen molar-refractivity contribution in [3.05, 3.63) is 29.6 Å². The fourth-order valence-electron chi connectivity index (χ4n) is 2.17. The van der Waals surface area contributed by atoms with Gasteiger partial charge in [-0.2, -0.15) is 0 Å². The second-order valence-electron chi connectivity index (χ2n) is 4.54. The third-order valence-electron chi connectivity index (χ3n) is 3.21. The van der Waals surface area contributed by atoms with Crippen LogP contribution in [0.15, 0.2) is 18.3 Å². The number of piperidine rings is 1. The van der Waals surface area contributed by atoms with Crippen LogP contribution in [0.25, 0.3) is 0 Å². The summed E-state index contributed by atoms with van der Waals surface area (Å²) in [6.07, 6.45) is 5.86. The van der Waals surface area contributed by atoms with Crippen LogP contribution in [0.1, 0.15) is 30.5 Å². The van der Waals surface area contributed by atoms with Gasteiger partial charge in [0.25, 0.3) is 0 Å². The fourth-order valence-corrected chi connectivity index (χ4v) is 2.17. The van der Waals surface area contributed by atoms with E-state index in [9.17, 15) is 0 Å². The van der Waals surface area contributed by atoms with E-state index >= 15 is 0 Å². The molecule has 2 N–H and O–H groups in total. The number of nitrogens with zero attached hydrogens (tertiary/aromatic N) is 1. The summed E-state index contributed by atoms with van der Waals surface area (Å²) in [5, 5.41) is 7.02. The van der Waals surface area contributed by atoms with Gasteiger partial charge < -0.3 is 10.6 Å². The molecule has 1 aliphatic heterocycles. The number of aryl methyl sites for hydroxylation is 1. The van der Waals surface area contributed by atoms with Crippen LogP contribution in [0.4, 0.5) is 0 Å². The van der Waals surface area contributed by atoms with Crippen LogP contribution in [0, 0.1) is 6.92 Å². The zero-order chi connectivity index (χ0) is 11.2. The van der Waals surface area contributed by atoms with Gasteiger partial charge in [0.15, 0.2) is 0 Å². The number of pyridine rings is 1. The summed E-state index contributed by atoms with van der Waals surface area (Å²) < 4.78 is 0. The highest BCUT2D eigenvalue weighted by Gasteiger charge is 2.11. The maximum absolute atomic E-state index is 4.38. The summed E-state index contributed by atoms with van der Waals surface area (Å²) in [5.74, 6) is 0. The molecule has 1 aromatic rings. The van der Waals surface area contributed by atoms with Crippen LogP contribution in [0.2, 0.25) is 0 Å². The summed E-state index contributed by atoms with van der Waals surface area (Å²) >= 11 is 0. The highest BCUT2D eigenvalue weighted by molar-refractivity contribution is 5.17. The van der Waals surface area contributed by atoms with Gasteiger partial charge in [-0.15, -0.1) is 0 Å². The molecule has 88 valence electrons. The van der Waals surface area contributed by atoms with Gasteiger partial charge in [-0.05, 0) is 37.9 Å². The molecular weight excluding hydrogens is 198 g/mol. The molecule has 2 heterocycles. The van der Waals surface area contributed by atoms with Crippen molar-refractivity contribution in [3.8, 4) is 0 Å². The van der Waals surface area contributed by atoms with Gasteiger partial charge >= 0.3 is 0 Å². The monoisotopic (exact) mass is 219 g/mol. The molecule has 0 saturated carbocycles. The van der Waals surface area contributed by atoms with Crippen molar-refractivity contribution in [2.75, 3.05) is 13.1 Å². The van der Waals surface area contributed by atoms with Crippen LogP contribution in [0.5, 0.6) is 0 Å². The molecule has 1 aliphatic rings. The Bertz CT molecular complexity index is 319. The molecule has 1 saturated heterocycles. The van der Waals surface area contributed by atoms with E-state index in [0.29, 0.717) is 6.04 Å². The molecule has 0 spiro atoms. The number of hydrogen-bond acceptors (Lipinski definition) is 3. The number of hydrogen-bond donors (Lipinski definition) is 2. The van der Waals surface area contributed by atoms with Crippen molar-refractivity contribution >= 4 is 0 Å². The van der Waals surface area contributed by atoms with Gasteiger partial charge in [0.1, 0.15) is 0 Å². The second kappa shape index (κ2) is 5.97. The minimum Gasteiger partial charge on any atom is -0.313 e. The maximum Gasteiger partial charge on any atom is 0.0570 e. The summed E-state index contributed by atoms with van der Waals surface area (Å²) in [4.78, 5) is 4.38. The summed E-state index contributed by atoms with van der Waals surface area (Å²) in [6.45, 7) is 5.22. The van der Waals surface area contributed by atoms with E-state index in [4.69, 9.17) is 0 Å². The van der Waals surface area contributed by atoms with Gasteiger partial charge in [0, 0.05) is 25.3 Å². The summed E-state index contributed by atoms with van der Waals surface area (Å²) in [6, 6.07) is 4.75. The molecular formula is C13H21N3. The highest BCUT2D eigenvalue weighted by atomic mass is 15.0. The molecule has 2 rings (SSSR count). The van der Waals surface area contributed by atoms with E-state index < -0.39 is 0 Å². The van der Waals surface area contributed by atoms with Crippen LogP contribution in [-0.2, 0) is 6.54 Å². The lowest BCUT2D eigenvalue weighted by atomic mass is 10.1. The van der Waals surface area contributed by atoms with Gasteiger partial charge in [0.05, 0.1) is 5.69 Å². The molecule has 3 heteroatoms. The average molecular weight is 219 g/mol. The first-order valence-electron chi connectivity index (χ1n) is 6.21. The molecule has 0 amide bonds. The fraction of sp³-hybridized carbons (Fsp3) is 0.615. The molecule has 1 atom stereocenters. The maximum atomic E-state index is 4.38. The van der Waals surface area contributed by atoms with E-state index in [0.717, 1.165) is 13.1 Å². The van der Waals surface area contributed by atoms with Crippen molar-refractivity contribution in [1.29, 1.82) is 0 Å². The molecule has 3 nitrogen and oxygen atoms in total. The van der Waals surface area contributed by atoms with Crippen molar-refractivity contribution in [1.82, 2.24) is 15.6 Å². The zero-order valence-electron chi connectivity index (χ0n) is 10.00. The number of rotatable bonds is 4. The molecule has 0 aromatic carbocycles. The van der Waals surface area contributed by atoms with Crippen LogP contribution >= 0.6 is 0 Å². The quantitative estimate of drug-likeness (QED) is 0.808. The Balaban J connectivity index is 1.73. The Morgan fingerprint density at radius 3 is 3.19 bits per heavy atom. The lowest BCUT2D eigenvalue weighted by Gasteiger charge is -2.23. The van der Waals surface area contributed by atoms with E-state index in [-0.39, 0.29) is 0 Å². The largest absolute Gasteiger partial charge is 0.313 e. The number of nitrogens with one attached hydrogen (secondary N) is 2. The molecule has 0 radical (unpaired) electrons. The summed E-state index contributed by atoms with van der Waals surface area (Å²) in [5.41, 5.74) is 2.44. The predicted molar refractivity (Wildman–Crippen MR) is 66.3 cm³/mol. The second-order valence-corrected chi connectivity index (χ2v) is 4.54. The molecule has 1 unspecified atom stereocenters. The first kappa shape index (κ1) is 11.6. The molecule has 16 heavy (non-hydrogen) atoms. The Hall–Kier alpha value is -0.930. The van der Waals surface area contributed by atoms with Gasteiger partial charge in [-0.25, -0.2) is 0 Å². The minimum atomic E-state index is 0.651. The smallest absolute Gasteiger partial charge is 0.0570 e. The molecule has 1 fully saturated rings. The van der Waals surface area contributed by atoms with Gasteiger partial charge in [-0.3, -0.25) is 4.98 Å². The third kappa shape index (κ3) is 3.29. The van der Waals surface area contributed by atoms with E-state index in [1.807, 2.05) is 12.3 Å². The third-order valence-corrected chi connectivity index (χ3v) is 3.21. The van der Waals surface area contributed by atoms with Crippen LogP contribution < -0.4 is 10.6 Å². The molecule has 0 aliphatic carbocycles. The lowest BCUT2D eigenvalue weighted by Crippen LogP contribution is -2.41. The SMILES string of the molecule is Cc1cccnc1CNCC1CCCCN1. The Morgan fingerprint density at radius 1 is 1.50 bits per heavy atom. The zero-order valence-corrected chi connectivity index (χ0v) is 10.00. The Kier molecular flexibility index (Phi) is 4.31. The van der Waals surface area contributed by atoms with Crippen molar-refractivity contribution < 1.29 is 0 Å².